The van der Waals surface area contributed by atoms with E-state index in [1.165, 1.54) is 6.42 Å². The molecular formula is C23H47N. The molecule has 0 bridgehead atoms. The van der Waals surface area contributed by atoms with Gasteiger partial charge in [0.05, 0.1) is 0 Å². The lowest BCUT2D eigenvalue weighted by Crippen LogP contribution is -2.72. The highest BCUT2D eigenvalue weighted by atomic mass is 15.0. The summed E-state index contributed by atoms with van der Waals surface area (Å²) >= 11 is 0. The van der Waals surface area contributed by atoms with E-state index in [1.54, 1.807) is 0 Å². The van der Waals surface area contributed by atoms with Crippen LogP contribution >= 0.6 is 0 Å². The van der Waals surface area contributed by atoms with Crippen LogP contribution in [0.3, 0.4) is 0 Å². The molecule has 1 aliphatic rings. The van der Waals surface area contributed by atoms with E-state index in [1.807, 2.05) is 0 Å². The third kappa shape index (κ3) is 3.57. The third-order valence-electron chi connectivity index (χ3n) is 7.90. The van der Waals surface area contributed by atoms with Crippen LogP contribution in [-0.4, -0.2) is 11.6 Å². The van der Waals surface area contributed by atoms with Crippen molar-refractivity contribution in [3.8, 4) is 0 Å². The van der Waals surface area contributed by atoms with Crippen molar-refractivity contribution in [2.45, 2.75) is 115 Å². The van der Waals surface area contributed by atoms with Crippen LogP contribution in [0.2, 0.25) is 0 Å². The van der Waals surface area contributed by atoms with Gasteiger partial charge in [-0.25, -0.2) is 0 Å². The first-order chi connectivity index (χ1) is 10.2. The summed E-state index contributed by atoms with van der Waals surface area (Å²) in [6, 6.07) is 0.478. The third-order valence-corrected chi connectivity index (χ3v) is 7.90. The average molecular weight is 338 g/mol. The summed E-state index contributed by atoms with van der Waals surface area (Å²) in [7, 11) is 0. The second-order valence-electron chi connectivity index (χ2n) is 13.0. The van der Waals surface area contributed by atoms with Gasteiger partial charge in [-0.05, 0) is 60.2 Å². The predicted octanol–water partition coefficient (Wildman–Crippen LogP) is 6.91. The van der Waals surface area contributed by atoms with Gasteiger partial charge in [0.25, 0.3) is 0 Å². The van der Waals surface area contributed by atoms with Crippen LogP contribution in [0.25, 0.3) is 0 Å². The number of nitrogens with one attached hydrogen (secondary N) is 1. The Hall–Kier alpha value is -0.0400. The van der Waals surface area contributed by atoms with Gasteiger partial charge >= 0.3 is 0 Å². The van der Waals surface area contributed by atoms with E-state index in [9.17, 15) is 0 Å². The van der Waals surface area contributed by atoms with E-state index < -0.39 is 0 Å². The molecule has 24 heavy (non-hydrogen) atoms. The monoisotopic (exact) mass is 337 g/mol. The number of hydrogen-bond donors (Lipinski definition) is 1. The van der Waals surface area contributed by atoms with Crippen molar-refractivity contribution in [3.05, 3.63) is 0 Å². The van der Waals surface area contributed by atoms with E-state index in [4.69, 9.17) is 0 Å². The van der Waals surface area contributed by atoms with Crippen molar-refractivity contribution < 1.29 is 0 Å². The Labute approximate surface area is 153 Å². The van der Waals surface area contributed by atoms with Crippen LogP contribution in [0.4, 0.5) is 0 Å². The maximum Gasteiger partial charge on any atom is 0.0185 e. The van der Waals surface area contributed by atoms with Crippen LogP contribution in [-0.2, 0) is 0 Å². The highest BCUT2D eigenvalue weighted by Crippen LogP contribution is 2.68. The molecule has 1 N–H and O–H groups in total. The Kier molecular flexibility index (Phi) is 5.25. The van der Waals surface area contributed by atoms with Crippen molar-refractivity contribution in [2.24, 2.45) is 33.0 Å². The molecule has 1 fully saturated rings. The van der Waals surface area contributed by atoms with Crippen molar-refractivity contribution in [3.63, 3.8) is 0 Å². The first kappa shape index (κ1) is 22.0. The number of hydrogen-bond acceptors (Lipinski definition) is 1. The molecule has 0 aromatic carbocycles. The molecule has 0 atom stereocenters. The Balaban J connectivity index is 3.54. The highest BCUT2D eigenvalue weighted by Gasteiger charge is 2.65. The van der Waals surface area contributed by atoms with Gasteiger partial charge in [-0.15, -0.1) is 0 Å². The normalized spacial score (nSPS) is 31.8. The summed E-state index contributed by atoms with van der Waals surface area (Å²) in [5, 5.41) is 4.03. The highest BCUT2D eigenvalue weighted by molar-refractivity contribution is 5.16. The first-order valence-corrected chi connectivity index (χ1v) is 9.96. The minimum atomic E-state index is 0.127. The van der Waals surface area contributed by atoms with Crippen LogP contribution in [0, 0.1) is 33.0 Å². The lowest BCUT2D eigenvalue weighted by atomic mass is 9.37. The Bertz CT molecular complexity index is 379. The Morgan fingerprint density at radius 3 is 1.21 bits per heavy atom. The summed E-state index contributed by atoms with van der Waals surface area (Å²) in [6.45, 7) is 34.2. The molecule has 0 spiro atoms. The van der Waals surface area contributed by atoms with E-state index in [2.05, 4.69) is 102 Å². The van der Waals surface area contributed by atoms with Crippen LogP contribution in [0.15, 0.2) is 0 Å². The molecule has 1 saturated carbocycles. The van der Waals surface area contributed by atoms with Crippen molar-refractivity contribution in [2.75, 3.05) is 0 Å². The lowest BCUT2D eigenvalue weighted by molar-refractivity contribution is -0.195. The van der Waals surface area contributed by atoms with Gasteiger partial charge in [0.15, 0.2) is 0 Å². The summed E-state index contributed by atoms with van der Waals surface area (Å²) in [5.41, 5.74) is 1.45. The molecular weight excluding hydrogens is 290 g/mol. The molecule has 0 radical (unpaired) electrons. The molecule has 0 amide bonds. The SMILES string of the molecule is CC(C)(C)CC1C(C)(C)C(C)(C)C(NC(C)(C)C)C(C)(C)C1(C)C. The summed E-state index contributed by atoms with van der Waals surface area (Å²) in [6.07, 6.45) is 1.28. The summed E-state index contributed by atoms with van der Waals surface area (Å²) in [5.74, 6) is 0.688. The van der Waals surface area contributed by atoms with E-state index >= 15 is 0 Å². The fourth-order valence-electron chi connectivity index (χ4n) is 5.36. The minimum absolute atomic E-state index is 0.127. The van der Waals surface area contributed by atoms with E-state index in [0.717, 1.165) is 0 Å². The zero-order valence-electron chi connectivity index (χ0n) is 19.4. The van der Waals surface area contributed by atoms with Gasteiger partial charge in [-0.3, -0.25) is 0 Å². The molecule has 0 aliphatic heterocycles. The minimum Gasteiger partial charge on any atom is -0.308 e. The lowest BCUT2D eigenvalue weighted by Gasteiger charge is -2.70. The smallest absolute Gasteiger partial charge is 0.0185 e. The van der Waals surface area contributed by atoms with Crippen LogP contribution in [0.1, 0.15) is 103 Å². The Morgan fingerprint density at radius 1 is 0.625 bits per heavy atom. The van der Waals surface area contributed by atoms with Crippen molar-refractivity contribution in [1.29, 1.82) is 0 Å². The molecule has 0 aromatic rings. The maximum atomic E-state index is 4.03. The molecule has 1 heteroatoms. The van der Waals surface area contributed by atoms with Crippen LogP contribution in [0.5, 0.6) is 0 Å². The fourth-order valence-corrected chi connectivity index (χ4v) is 5.36. The van der Waals surface area contributed by atoms with Gasteiger partial charge in [-0.2, -0.15) is 0 Å². The summed E-state index contributed by atoms with van der Waals surface area (Å²) in [4.78, 5) is 0. The zero-order valence-corrected chi connectivity index (χ0v) is 19.4. The molecule has 1 nitrogen and oxygen atoms in total. The van der Waals surface area contributed by atoms with Gasteiger partial charge in [0.1, 0.15) is 0 Å². The van der Waals surface area contributed by atoms with Gasteiger partial charge in [0.2, 0.25) is 0 Å². The quantitative estimate of drug-likeness (QED) is 0.577. The van der Waals surface area contributed by atoms with E-state index in [-0.39, 0.29) is 27.2 Å². The second kappa shape index (κ2) is 5.73. The second-order valence-corrected chi connectivity index (χ2v) is 13.0. The largest absolute Gasteiger partial charge is 0.308 e. The predicted molar refractivity (Wildman–Crippen MR) is 109 cm³/mol. The number of rotatable bonds is 2. The van der Waals surface area contributed by atoms with Gasteiger partial charge < -0.3 is 5.32 Å². The van der Waals surface area contributed by atoms with Crippen molar-refractivity contribution in [1.82, 2.24) is 5.32 Å². The average Bonchev–Trinajstić information content (AvgIpc) is 2.28. The zero-order chi connectivity index (χ0) is 19.6. The summed E-state index contributed by atoms with van der Waals surface area (Å²) < 4.78 is 0. The molecule has 144 valence electrons. The van der Waals surface area contributed by atoms with Crippen LogP contribution < -0.4 is 5.32 Å². The molecule has 0 aromatic heterocycles. The maximum absolute atomic E-state index is 4.03. The topological polar surface area (TPSA) is 12.0 Å². The van der Waals surface area contributed by atoms with E-state index in [0.29, 0.717) is 17.4 Å². The molecule has 1 aliphatic carbocycles. The Morgan fingerprint density at radius 2 is 0.958 bits per heavy atom. The molecule has 0 saturated heterocycles. The van der Waals surface area contributed by atoms with Crippen molar-refractivity contribution >= 4 is 0 Å². The van der Waals surface area contributed by atoms with Gasteiger partial charge in [-0.1, -0.05) is 76.2 Å². The standard InChI is InChI=1S/C23H47N/c1-18(2,3)15-16-20(7,8)22(11,12)17(24-19(4,5)6)23(13,14)21(16,9)10/h16-17,24H,15H2,1-14H3. The molecule has 1 rings (SSSR count). The molecule has 0 unspecified atom stereocenters. The fraction of sp³-hybridized carbons (Fsp3) is 1.00. The molecule has 0 heterocycles. The first-order valence-electron chi connectivity index (χ1n) is 9.96. The van der Waals surface area contributed by atoms with Gasteiger partial charge in [0, 0.05) is 11.6 Å².